The minimum absolute atomic E-state index is 0.106. The summed E-state index contributed by atoms with van der Waals surface area (Å²) in [6, 6.07) is 0. The number of hydrogen-bond acceptors (Lipinski definition) is 2. The summed E-state index contributed by atoms with van der Waals surface area (Å²) in [6.07, 6.45) is -0.186. The quantitative estimate of drug-likeness (QED) is 0.537. The normalized spacial score (nSPS) is 40.9. The zero-order valence-corrected chi connectivity index (χ0v) is 5.29. The smallest absolute Gasteiger partial charge is 0.0878 e. The van der Waals surface area contributed by atoms with E-state index in [1.165, 1.54) is 0 Å². The molecule has 0 radical (unpaired) electrons. The molecular formula is C6H12O2. The van der Waals surface area contributed by atoms with Crippen molar-refractivity contribution in [3.63, 3.8) is 0 Å². The third-order valence-corrected chi connectivity index (χ3v) is 1.59. The van der Waals surface area contributed by atoms with E-state index in [2.05, 4.69) is 6.92 Å². The Labute approximate surface area is 49.5 Å². The van der Waals surface area contributed by atoms with Crippen LogP contribution in [0.25, 0.3) is 0 Å². The van der Waals surface area contributed by atoms with Crippen LogP contribution >= 0.6 is 0 Å². The largest absolute Gasteiger partial charge is 0.391 e. The Hall–Kier alpha value is -0.0800. The first-order valence-electron chi connectivity index (χ1n) is 3.01. The van der Waals surface area contributed by atoms with Crippen LogP contribution in [0.15, 0.2) is 0 Å². The molecule has 1 aliphatic heterocycles. The number of rotatable bonds is 1. The average molecular weight is 116 g/mol. The molecule has 0 aliphatic carbocycles. The van der Waals surface area contributed by atoms with Crippen molar-refractivity contribution in [2.75, 3.05) is 6.61 Å². The third-order valence-electron chi connectivity index (χ3n) is 1.59. The molecule has 0 aromatic carbocycles. The number of ether oxygens (including phenoxy) is 1. The van der Waals surface area contributed by atoms with Crippen molar-refractivity contribution in [3.05, 3.63) is 0 Å². The zero-order chi connectivity index (χ0) is 6.15. The first kappa shape index (κ1) is 6.05. The molecule has 0 aromatic heterocycles. The third kappa shape index (κ3) is 0.858. The second kappa shape index (κ2) is 2.03. The Balaban J connectivity index is 2.26. The summed E-state index contributed by atoms with van der Waals surface area (Å²) in [6.45, 7) is 4.66. The second-order valence-corrected chi connectivity index (χ2v) is 2.52. The Bertz CT molecular complexity index is 75.8. The molecule has 1 saturated heterocycles. The van der Waals surface area contributed by atoms with E-state index in [-0.39, 0.29) is 12.2 Å². The highest BCUT2D eigenvalue weighted by atomic mass is 16.5. The van der Waals surface area contributed by atoms with Gasteiger partial charge in [0.05, 0.1) is 18.8 Å². The Morgan fingerprint density at radius 2 is 2.38 bits per heavy atom. The van der Waals surface area contributed by atoms with E-state index in [4.69, 9.17) is 9.84 Å². The molecule has 48 valence electrons. The highest BCUT2D eigenvalue weighted by molar-refractivity contribution is 4.78. The molecule has 0 spiro atoms. The summed E-state index contributed by atoms with van der Waals surface area (Å²) >= 11 is 0. The molecule has 0 aromatic rings. The van der Waals surface area contributed by atoms with E-state index in [1.807, 2.05) is 0 Å². The van der Waals surface area contributed by atoms with Crippen LogP contribution in [0.1, 0.15) is 13.8 Å². The predicted molar refractivity (Wildman–Crippen MR) is 30.6 cm³/mol. The SMILES string of the molecule is CC(O)C1OCC1C. The van der Waals surface area contributed by atoms with E-state index in [0.717, 1.165) is 6.61 Å². The molecule has 1 fully saturated rings. The number of aliphatic hydroxyl groups is 1. The lowest BCUT2D eigenvalue weighted by molar-refractivity contribution is -0.155. The van der Waals surface area contributed by atoms with Gasteiger partial charge in [-0.25, -0.2) is 0 Å². The van der Waals surface area contributed by atoms with Crippen molar-refractivity contribution in [3.8, 4) is 0 Å². The minimum Gasteiger partial charge on any atom is -0.391 e. The average Bonchev–Trinajstić information content (AvgIpc) is 1.61. The summed E-state index contributed by atoms with van der Waals surface area (Å²) in [7, 11) is 0. The lowest BCUT2D eigenvalue weighted by Crippen LogP contribution is -2.44. The molecule has 3 unspecified atom stereocenters. The van der Waals surface area contributed by atoms with Crippen molar-refractivity contribution >= 4 is 0 Å². The van der Waals surface area contributed by atoms with Gasteiger partial charge in [-0.15, -0.1) is 0 Å². The van der Waals surface area contributed by atoms with E-state index in [0.29, 0.717) is 5.92 Å². The van der Waals surface area contributed by atoms with Gasteiger partial charge >= 0.3 is 0 Å². The summed E-state index contributed by atoms with van der Waals surface area (Å²) in [5, 5.41) is 8.92. The van der Waals surface area contributed by atoms with Gasteiger partial charge in [-0.05, 0) is 6.92 Å². The van der Waals surface area contributed by atoms with Gasteiger partial charge in [0.2, 0.25) is 0 Å². The first-order valence-corrected chi connectivity index (χ1v) is 3.01. The maximum absolute atomic E-state index is 8.92. The zero-order valence-electron chi connectivity index (χ0n) is 5.29. The lowest BCUT2D eigenvalue weighted by Gasteiger charge is -2.36. The molecule has 3 atom stereocenters. The lowest BCUT2D eigenvalue weighted by atomic mass is 9.96. The molecule has 0 bridgehead atoms. The molecule has 0 amide bonds. The van der Waals surface area contributed by atoms with Gasteiger partial charge in [0.1, 0.15) is 0 Å². The second-order valence-electron chi connectivity index (χ2n) is 2.52. The summed E-state index contributed by atoms with van der Waals surface area (Å²) in [5.41, 5.74) is 0. The van der Waals surface area contributed by atoms with E-state index in [1.54, 1.807) is 6.92 Å². The van der Waals surface area contributed by atoms with Crippen LogP contribution in [0.3, 0.4) is 0 Å². The van der Waals surface area contributed by atoms with Gasteiger partial charge < -0.3 is 9.84 Å². The molecular weight excluding hydrogens is 104 g/mol. The van der Waals surface area contributed by atoms with Crippen molar-refractivity contribution in [2.45, 2.75) is 26.1 Å². The topological polar surface area (TPSA) is 29.5 Å². The monoisotopic (exact) mass is 116 g/mol. The van der Waals surface area contributed by atoms with Crippen molar-refractivity contribution in [1.82, 2.24) is 0 Å². The van der Waals surface area contributed by atoms with Crippen LogP contribution in [0.2, 0.25) is 0 Å². The highest BCUT2D eigenvalue weighted by Crippen LogP contribution is 2.21. The van der Waals surface area contributed by atoms with E-state index >= 15 is 0 Å². The van der Waals surface area contributed by atoms with Crippen molar-refractivity contribution in [1.29, 1.82) is 0 Å². The van der Waals surface area contributed by atoms with E-state index in [9.17, 15) is 0 Å². The fourth-order valence-corrected chi connectivity index (χ4v) is 1.01. The maximum atomic E-state index is 8.92. The Kier molecular flexibility index (Phi) is 1.54. The van der Waals surface area contributed by atoms with Gasteiger partial charge in [0, 0.05) is 5.92 Å². The first-order chi connectivity index (χ1) is 3.72. The van der Waals surface area contributed by atoms with Crippen molar-refractivity contribution in [2.24, 2.45) is 5.92 Å². The maximum Gasteiger partial charge on any atom is 0.0878 e. The van der Waals surface area contributed by atoms with Crippen molar-refractivity contribution < 1.29 is 9.84 Å². The van der Waals surface area contributed by atoms with Crippen LogP contribution in [-0.2, 0) is 4.74 Å². The van der Waals surface area contributed by atoms with E-state index < -0.39 is 0 Å². The molecule has 2 heteroatoms. The Morgan fingerprint density at radius 3 is 2.38 bits per heavy atom. The highest BCUT2D eigenvalue weighted by Gasteiger charge is 2.31. The van der Waals surface area contributed by atoms with Gasteiger partial charge in [-0.1, -0.05) is 6.92 Å². The van der Waals surface area contributed by atoms with Crippen LogP contribution < -0.4 is 0 Å². The molecule has 0 saturated carbocycles. The Morgan fingerprint density at radius 1 is 1.75 bits per heavy atom. The van der Waals surface area contributed by atoms with Crippen LogP contribution in [0, 0.1) is 5.92 Å². The molecule has 2 nitrogen and oxygen atoms in total. The fourth-order valence-electron chi connectivity index (χ4n) is 1.01. The van der Waals surface area contributed by atoms with Crippen LogP contribution in [0.5, 0.6) is 0 Å². The summed E-state index contributed by atoms with van der Waals surface area (Å²) in [5.74, 6) is 0.551. The minimum atomic E-state index is -0.293. The molecule has 1 heterocycles. The molecule has 1 rings (SSSR count). The summed E-state index contributed by atoms with van der Waals surface area (Å²) in [4.78, 5) is 0. The standard InChI is InChI=1S/C6H12O2/c1-4-3-8-6(4)5(2)7/h4-7H,3H2,1-2H3. The van der Waals surface area contributed by atoms with Gasteiger partial charge in [0.15, 0.2) is 0 Å². The van der Waals surface area contributed by atoms with Crippen LogP contribution in [-0.4, -0.2) is 23.9 Å². The molecule has 8 heavy (non-hydrogen) atoms. The molecule has 1 N–H and O–H groups in total. The van der Waals surface area contributed by atoms with Gasteiger partial charge in [0.25, 0.3) is 0 Å². The predicted octanol–water partition coefficient (Wildman–Crippen LogP) is 0.402. The summed E-state index contributed by atoms with van der Waals surface area (Å²) < 4.78 is 5.05. The number of hydrogen-bond donors (Lipinski definition) is 1. The number of aliphatic hydroxyl groups excluding tert-OH is 1. The van der Waals surface area contributed by atoms with Gasteiger partial charge in [-0.2, -0.15) is 0 Å². The fraction of sp³-hybridized carbons (Fsp3) is 1.00. The van der Waals surface area contributed by atoms with Crippen LogP contribution in [0.4, 0.5) is 0 Å². The van der Waals surface area contributed by atoms with Gasteiger partial charge in [-0.3, -0.25) is 0 Å². The molecule has 1 aliphatic rings.